The molecule has 2 saturated heterocycles. The number of hydrogen-bond acceptors (Lipinski definition) is 3. The normalized spacial score (nSPS) is 29.8. The largest absolute Gasteiger partial charge is 0.396 e. The molecule has 3 aliphatic rings. The van der Waals surface area contributed by atoms with Crippen LogP contribution in [0.1, 0.15) is 26.7 Å². The van der Waals surface area contributed by atoms with E-state index in [1.54, 1.807) is 0 Å². The van der Waals surface area contributed by atoms with Gasteiger partial charge in [0.25, 0.3) is 0 Å². The van der Waals surface area contributed by atoms with Gasteiger partial charge in [-0.25, -0.2) is 0 Å². The van der Waals surface area contributed by atoms with Crippen molar-refractivity contribution in [3.8, 4) is 0 Å². The lowest BCUT2D eigenvalue weighted by atomic mass is 9.77. The molecule has 2 aliphatic heterocycles. The SMILES string of the molecule is CC.OCC1(CN2CC3(COC3)C2)CC1. The van der Waals surface area contributed by atoms with Crippen LogP contribution >= 0.6 is 0 Å². The number of aliphatic hydroxyl groups is 1. The molecule has 2 heterocycles. The van der Waals surface area contributed by atoms with Gasteiger partial charge in [0.2, 0.25) is 0 Å². The van der Waals surface area contributed by atoms with Crippen molar-refractivity contribution in [3.63, 3.8) is 0 Å². The highest BCUT2D eigenvalue weighted by Gasteiger charge is 2.52. The summed E-state index contributed by atoms with van der Waals surface area (Å²) in [5.74, 6) is 0. The Morgan fingerprint density at radius 1 is 1.20 bits per heavy atom. The molecule has 0 aromatic rings. The van der Waals surface area contributed by atoms with Gasteiger partial charge in [0.15, 0.2) is 0 Å². The summed E-state index contributed by atoms with van der Waals surface area (Å²) in [6.07, 6.45) is 2.45. The van der Waals surface area contributed by atoms with Crippen LogP contribution in [0.4, 0.5) is 0 Å². The minimum absolute atomic E-state index is 0.298. The fourth-order valence-electron chi connectivity index (χ4n) is 2.60. The second-order valence-electron chi connectivity index (χ2n) is 5.30. The van der Waals surface area contributed by atoms with Crippen molar-refractivity contribution in [1.82, 2.24) is 4.90 Å². The molecule has 1 spiro atoms. The predicted octanol–water partition coefficient (Wildman–Crippen LogP) is 1.12. The second-order valence-corrected chi connectivity index (χ2v) is 5.30. The molecule has 1 N–H and O–H groups in total. The number of aliphatic hydroxyl groups excluding tert-OH is 1. The minimum atomic E-state index is 0.298. The van der Waals surface area contributed by atoms with Crippen LogP contribution in [0.25, 0.3) is 0 Å². The van der Waals surface area contributed by atoms with E-state index in [-0.39, 0.29) is 0 Å². The summed E-state index contributed by atoms with van der Waals surface area (Å²) >= 11 is 0. The van der Waals surface area contributed by atoms with E-state index in [0.29, 0.717) is 17.4 Å². The van der Waals surface area contributed by atoms with Crippen molar-refractivity contribution < 1.29 is 9.84 Å². The quantitative estimate of drug-likeness (QED) is 0.762. The molecule has 88 valence electrons. The van der Waals surface area contributed by atoms with E-state index in [0.717, 1.165) is 19.8 Å². The highest BCUT2D eigenvalue weighted by atomic mass is 16.5. The van der Waals surface area contributed by atoms with Crippen molar-refractivity contribution in [2.24, 2.45) is 10.8 Å². The molecular weight excluding hydrogens is 190 g/mol. The van der Waals surface area contributed by atoms with Gasteiger partial charge in [0.1, 0.15) is 0 Å². The summed E-state index contributed by atoms with van der Waals surface area (Å²) in [5.41, 5.74) is 0.831. The Morgan fingerprint density at radius 2 is 1.80 bits per heavy atom. The third-order valence-electron chi connectivity index (χ3n) is 3.79. The number of rotatable bonds is 3. The average molecular weight is 213 g/mol. The van der Waals surface area contributed by atoms with Gasteiger partial charge in [0.05, 0.1) is 13.2 Å². The Balaban J connectivity index is 0.000000404. The Bertz CT molecular complexity index is 214. The summed E-state index contributed by atoms with van der Waals surface area (Å²) in [5, 5.41) is 9.17. The molecule has 0 amide bonds. The molecule has 1 aliphatic carbocycles. The Kier molecular flexibility index (Phi) is 3.06. The molecule has 0 aromatic carbocycles. The highest BCUT2D eigenvalue weighted by molar-refractivity contribution is 5.04. The first-order valence-electron chi connectivity index (χ1n) is 6.17. The van der Waals surface area contributed by atoms with Crippen LogP contribution < -0.4 is 0 Å². The van der Waals surface area contributed by atoms with Gasteiger partial charge in [-0.15, -0.1) is 0 Å². The van der Waals surface area contributed by atoms with E-state index in [4.69, 9.17) is 4.74 Å². The van der Waals surface area contributed by atoms with Crippen molar-refractivity contribution in [1.29, 1.82) is 0 Å². The summed E-state index contributed by atoms with van der Waals surface area (Å²) in [7, 11) is 0. The van der Waals surface area contributed by atoms with Crippen molar-refractivity contribution in [2.45, 2.75) is 26.7 Å². The first kappa shape index (κ1) is 11.4. The molecule has 0 atom stereocenters. The fraction of sp³-hybridized carbons (Fsp3) is 1.00. The van der Waals surface area contributed by atoms with Crippen LogP contribution in [0.3, 0.4) is 0 Å². The molecule has 3 nitrogen and oxygen atoms in total. The Labute approximate surface area is 92.4 Å². The summed E-state index contributed by atoms with van der Waals surface area (Å²) in [4.78, 5) is 2.48. The van der Waals surface area contributed by atoms with E-state index in [1.165, 1.54) is 25.9 Å². The maximum Gasteiger partial charge on any atom is 0.0569 e. The van der Waals surface area contributed by atoms with E-state index in [2.05, 4.69) is 4.90 Å². The van der Waals surface area contributed by atoms with Gasteiger partial charge < -0.3 is 14.7 Å². The van der Waals surface area contributed by atoms with Gasteiger partial charge in [0, 0.05) is 37.1 Å². The van der Waals surface area contributed by atoms with E-state index in [1.807, 2.05) is 13.8 Å². The first-order valence-corrected chi connectivity index (χ1v) is 6.17. The van der Waals surface area contributed by atoms with Crippen LogP contribution in [0.5, 0.6) is 0 Å². The van der Waals surface area contributed by atoms with Gasteiger partial charge in [-0.05, 0) is 12.8 Å². The summed E-state index contributed by atoms with van der Waals surface area (Å²) in [6, 6.07) is 0. The van der Waals surface area contributed by atoms with Gasteiger partial charge in [-0.3, -0.25) is 0 Å². The maximum atomic E-state index is 9.17. The number of ether oxygens (including phenoxy) is 1. The third kappa shape index (κ3) is 2.05. The van der Waals surface area contributed by atoms with E-state index >= 15 is 0 Å². The fourth-order valence-corrected chi connectivity index (χ4v) is 2.60. The number of likely N-dealkylation sites (tertiary alicyclic amines) is 1. The Morgan fingerprint density at radius 3 is 2.13 bits per heavy atom. The van der Waals surface area contributed by atoms with Crippen LogP contribution in [0.2, 0.25) is 0 Å². The lowest BCUT2D eigenvalue weighted by Gasteiger charge is -2.55. The first-order chi connectivity index (χ1) is 7.26. The number of nitrogens with zero attached hydrogens (tertiary/aromatic N) is 1. The molecule has 3 rings (SSSR count). The lowest BCUT2D eigenvalue weighted by molar-refractivity contribution is -0.192. The van der Waals surface area contributed by atoms with Gasteiger partial charge in [-0.1, -0.05) is 13.8 Å². The van der Waals surface area contributed by atoms with E-state index < -0.39 is 0 Å². The molecule has 0 radical (unpaired) electrons. The molecule has 15 heavy (non-hydrogen) atoms. The molecule has 3 fully saturated rings. The van der Waals surface area contributed by atoms with Gasteiger partial charge >= 0.3 is 0 Å². The van der Waals surface area contributed by atoms with Crippen molar-refractivity contribution in [2.75, 3.05) is 39.5 Å². The zero-order valence-corrected chi connectivity index (χ0v) is 9.96. The van der Waals surface area contributed by atoms with Gasteiger partial charge in [-0.2, -0.15) is 0 Å². The second kappa shape index (κ2) is 4.04. The van der Waals surface area contributed by atoms with Crippen molar-refractivity contribution >= 4 is 0 Å². The zero-order valence-electron chi connectivity index (χ0n) is 9.96. The maximum absolute atomic E-state index is 9.17. The highest BCUT2D eigenvalue weighted by Crippen LogP contribution is 2.48. The summed E-state index contributed by atoms with van der Waals surface area (Å²) in [6.45, 7) is 9.84. The predicted molar refractivity (Wildman–Crippen MR) is 59.8 cm³/mol. The number of hydrogen-bond donors (Lipinski definition) is 1. The van der Waals surface area contributed by atoms with Crippen LogP contribution in [0, 0.1) is 10.8 Å². The monoisotopic (exact) mass is 213 g/mol. The molecular formula is C12H23NO2. The lowest BCUT2D eigenvalue weighted by Crippen LogP contribution is -2.66. The smallest absolute Gasteiger partial charge is 0.0569 e. The van der Waals surface area contributed by atoms with E-state index in [9.17, 15) is 5.11 Å². The molecule has 3 heteroatoms. The van der Waals surface area contributed by atoms with Crippen LogP contribution in [0.15, 0.2) is 0 Å². The molecule has 1 saturated carbocycles. The molecule has 0 aromatic heterocycles. The standard InChI is InChI=1S/C10H17NO2.C2H6/c12-6-9(1-2-9)3-11-4-10(5-11)7-13-8-10;1-2/h12H,1-8H2;1-2H3. The average Bonchev–Trinajstić information content (AvgIpc) is 2.92. The zero-order chi connectivity index (χ0) is 10.9. The van der Waals surface area contributed by atoms with Crippen molar-refractivity contribution in [3.05, 3.63) is 0 Å². The summed E-state index contributed by atoms with van der Waals surface area (Å²) < 4.78 is 5.22. The Hall–Kier alpha value is -0.120. The third-order valence-corrected chi connectivity index (χ3v) is 3.79. The topological polar surface area (TPSA) is 32.7 Å². The molecule has 0 bridgehead atoms. The molecule has 0 unspecified atom stereocenters. The van der Waals surface area contributed by atoms with Crippen LogP contribution in [-0.4, -0.2) is 49.5 Å². The van der Waals surface area contributed by atoms with Crippen LogP contribution in [-0.2, 0) is 4.74 Å². The minimum Gasteiger partial charge on any atom is -0.396 e.